The van der Waals surface area contributed by atoms with Crippen molar-refractivity contribution >= 4 is 34.5 Å². The number of nitrogen functional groups attached to an aromatic ring is 1. The minimum Gasteiger partial charge on any atom is -0.397 e. The lowest BCUT2D eigenvalue weighted by atomic mass is 10.2. The summed E-state index contributed by atoms with van der Waals surface area (Å²) in [5.74, 6) is -0.428. The molecule has 1 aromatic carbocycles. The third-order valence-corrected chi connectivity index (χ3v) is 4.34. The average Bonchev–Trinajstić information content (AvgIpc) is 2.99. The van der Waals surface area contributed by atoms with Crippen LogP contribution in [-0.2, 0) is 0 Å². The Morgan fingerprint density at radius 2 is 1.77 bits per heavy atom. The predicted molar refractivity (Wildman–Crippen MR) is 90.3 cm³/mol. The van der Waals surface area contributed by atoms with E-state index >= 15 is 0 Å². The lowest BCUT2D eigenvalue weighted by Gasteiger charge is -2.09. The van der Waals surface area contributed by atoms with E-state index in [-0.39, 0.29) is 17.9 Å². The lowest BCUT2D eigenvalue weighted by Crippen LogP contribution is -2.31. The average molecular weight is 317 g/mol. The van der Waals surface area contributed by atoms with E-state index in [2.05, 4.69) is 10.6 Å². The Labute approximate surface area is 133 Å². The molecule has 0 radical (unpaired) electrons. The molecule has 1 atom stereocenters. The van der Waals surface area contributed by atoms with Gasteiger partial charge in [0.25, 0.3) is 11.8 Å². The van der Waals surface area contributed by atoms with E-state index in [9.17, 15) is 9.59 Å². The van der Waals surface area contributed by atoms with E-state index in [0.717, 1.165) is 17.8 Å². The van der Waals surface area contributed by atoms with Crippen LogP contribution in [0.5, 0.6) is 0 Å². The second-order valence-electron chi connectivity index (χ2n) is 4.99. The summed E-state index contributed by atoms with van der Waals surface area (Å²) in [4.78, 5) is 25.2. The predicted octanol–water partition coefficient (Wildman–Crippen LogP) is 3.11. The van der Waals surface area contributed by atoms with Crippen LogP contribution in [0.2, 0.25) is 0 Å². The lowest BCUT2D eigenvalue weighted by molar-refractivity contribution is 0.0943. The zero-order valence-electron chi connectivity index (χ0n) is 12.6. The van der Waals surface area contributed by atoms with Crippen LogP contribution >= 0.6 is 11.3 Å². The summed E-state index contributed by atoms with van der Waals surface area (Å²) in [5, 5.41) is 5.62. The first kappa shape index (κ1) is 16.0. The van der Waals surface area contributed by atoms with E-state index in [1.165, 1.54) is 0 Å². The molecule has 0 aliphatic carbocycles. The van der Waals surface area contributed by atoms with Crippen molar-refractivity contribution < 1.29 is 9.59 Å². The highest BCUT2D eigenvalue weighted by atomic mass is 32.1. The van der Waals surface area contributed by atoms with Crippen molar-refractivity contribution in [2.45, 2.75) is 26.3 Å². The number of carbonyl (C=O) groups excluding carboxylic acids is 2. The van der Waals surface area contributed by atoms with Gasteiger partial charge < -0.3 is 16.4 Å². The van der Waals surface area contributed by atoms with Gasteiger partial charge >= 0.3 is 0 Å². The van der Waals surface area contributed by atoms with Crippen molar-refractivity contribution in [1.82, 2.24) is 5.32 Å². The Balaban J connectivity index is 2.06. The molecule has 1 heterocycles. The van der Waals surface area contributed by atoms with Crippen molar-refractivity contribution in [2.24, 2.45) is 0 Å². The first-order chi connectivity index (χ1) is 10.5. The Kier molecular flexibility index (Phi) is 5.16. The molecular weight excluding hydrogens is 298 g/mol. The van der Waals surface area contributed by atoms with E-state index < -0.39 is 0 Å². The standard InChI is InChI=1S/C16H19N3O2S/c1-3-10(2)18-15(20)13-8-9-14(22-13)16(21)19-12-7-5-4-6-11(12)17/h4-10H,3,17H2,1-2H3,(H,18,20)(H,19,21). The molecule has 0 saturated carbocycles. The fourth-order valence-electron chi connectivity index (χ4n) is 1.77. The SMILES string of the molecule is CCC(C)NC(=O)c1ccc(C(=O)Nc2ccccc2N)s1. The number of amides is 2. The highest BCUT2D eigenvalue weighted by Crippen LogP contribution is 2.21. The van der Waals surface area contributed by atoms with Gasteiger partial charge in [0.1, 0.15) is 0 Å². The number of anilines is 2. The molecule has 1 unspecified atom stereocenters. The molecule has 116 valence electrons. The highest BCUT2D eigenvalue weighted by Gasteiger charge is 2.15. The molecule has 4 N–H and O–H groups in total. The van der Waals surface area contributed by atoms with Crippen molar-refractivity contribution in [3.8, 4) is 0 Å². The van der Waals surface area contributed by atoms with E-state index in [4.69, 9.17) is 5.73 Å². The smallest absolute Gasteiger partial charge is 0.265 e. The molecular formula is C16H19N3O2S. The molecule has 2 aromatic rings. The maximum atomic E-state index is 12.2. The van der Waals surface area contributed by atoms with Gasteiger partial charge in [0.2, 0.25) is 0 Å². The van der Waals surface area contributed by atoms with Gasteiger partial charge in [-0.15, -0.1) is 11.3 Å². The molecule has 0 saturated heterocycles. The van der Waals surface area contributed by atoms with Gasteiger partial charge in [-0.25, -0.2) is 0 Å². The third kappa shape index (κ3) is 3.85. The van der Waals surface area contributed by atoms with Gasteiger partial charge in [-0.1, -0.05) is 19.1 Å². The van der Waals surface area contributed by atoms with Gasteiger partial charge in [0.05, 0.1) is 21.1 Å². The topological polar surface area (TPSA) is 84.2 Å². The number of carbonyl (C=O) groups is 2. The summed E-state index contributed by atoms with van der Waals surface area (Å²) < 4.78 is 0. The Hall–Kier alpha value is -2.34. The Bertz CT molecular complexity index is 682. The molecule has 2 amide bonds. The fourth-order valence-corrected chi connectivity index (χ4v) is 2.58. The summed E-state index contributed by atoms with van der Waals surface area (Å²) in [5.41, 5.74) is 6.86. The summed E-state index contributed by atoms with van der Waals surface area (Å²) >= 11 is 1.16. The zero-order chi connectivity index (χ0) is 16.1. The van der Waals surface area contributed by atoms with Crippen molar-refractivity contribution in [3.63, 3.8) is 0 Å². The number of hydrogen-bond donors (Lipinski definition) is 3. The van der Waals surface area contributed by atoms with Gasteiger partial charge in [0.15, 0.2) is 0 Å². The van der Waals surface area contributed by atoms with Crippen LogP contribution in [0, 0.1) is 0 Å². The summed E-state index contributed by atoms with van der Waals surface area (Å²) in [6.45, 7) is 3.94. The molecule has 22 heavy (non-hydrogen) atoms. The maximum Gasteiger partial charge on any atom is 0.265 e. The number of nitrogens with two attached hydrogens (primary N) is 1. The fraction of sp³-hybridized carbons (Fsp3) is 0.250. The van der Waals surface area contributed by atoms with E-state index in [0.29, 0.717) is 21.1 Å². The molecule has 0 fully saturated rings. The Morgan fingerprint density at radius 1 is 1.14 bits per heavy atom. The van der Waals surface area contributed by atoms with Gasteiger partial charge in [-0.3, -0.25) is 9.59 Å². The van der Waals surface area contributed by atoms with Gasteiger partial charge in [-0.2, -0.15) is 0 Å². The number of hydrogen-bond acceptors (Lipinski definition) is 4. The molecule has 6 heteroatoms. The molecule has 2 rings (SSSR count). The first-order valence-corrected chi connectivity index (χ1v) is 7.89. The molecule has 0 bridgehead atoms. The molecule has 0 aliphatic heterocycles. The van der Waals surface area contributed by atoms with Gasteiger partial charge in [-0.05, 0) is 37.6 Å². The second kappa shape index (κ2) is 7.09. The minimum atomic E-state index is -0.273. The molecule has 0 spiro atoms. The van der Waals surface area contributed by atoms with Crippen LogP contribution < -0.4 is 16.4 Å². The number of thiophene rings is 1. The second-order valence-corrected chi connectivity index (χ2v) is 6.07. The first-order valence-electron chi connectivity index (χ1n) is 7.07. The Morgan fingerprint density at radius 3 is 2.41 bits per heavy atom. The van der Waals surface area contributed by atoms with Crippen LogP contribution in [0.25, 0.3) is 0 Å². The van der Waals surface area contributed by atoms with E-state index in [1.54, 1.807) is 36.4 Å². The molecule has 1 aromatic heterocycles. The quantitative estimate of drug-likeness (QED) is 0.741. The normalized spacial score (nSPS) is 11.7. The third-order valence-electron chi connectivity index (χ3n) is 3.25. The van der Waals surface area contributed by atoms with Crippen molar-refractivity contribution in [1.29, 1.82) is 0 Å². The largest absolute Gasteiger partial charge is 0.397 e. The molecule has 5 nitrogen and oxygen atoms in total. The highest BCUT2D eigenvalue weighted by molar-refractivity contribution is 7.16. The molecule has 0 aliphatic rings. The zero-order valence-corrected chi connectivity index (χ0v) is 13.4. The van der Waals surface area contributed by atoms with Crippen molar-refractivity contribution in [3.05, 3.63) is 46.2 Å². The number of rotatable bonds is 5. The van der Waals surface area contributed by atoms with Crippen LogP contribution in [0.4, 0.5) is 11.4 Å². The summed E-state index contributed by atoms with van der Waals surface area (Å²) in [6.07, 6.45) is 0.859. The van der Waals surface area contributed by atoms with Crippen molar-refractivity contribution in [2.75, 3.05) is 11.1 Å². The summed E-state index contributed by atoms with van der Waals surface area (Å²) in [7, 11) is 0. The van der Waals surface area contributed by atoms with Crippen LogP contribution in [0.3, 0.4) is 0 Å². The number of benzene rings is 1. The number of nitrogens with one attached hydrogen (secondary N) is 2. The number of para-hydroxylation sites is 2. The van der Waals surface area contributed by atoms with E-state index in [1.807, 2.05) is 13.8 Å². The monoisotopic (exact) mass is 317 g/mol. The maximum absolute atomic E-state index is 12.2. The van der Waals surface area contributed by atoms with Gasteiger partial charge in [0, 0.05) is 6.04 Å². The van der Waals surface area contributed by atoms with Crippen LogP contribution in [-0.4, -0.2) is 17.9 Å². The van der Waals surface area contributed by atoms with Crippen LogP contribution in [0.1, 0.15) is 39.6 Å². The van der Waals surface area contributed by atoms with Crippen LogP contribution in [0.15, 0.2) is 36.4 Å². The minimum absolute atomic E-state index is 0.107. The summed E-state index contributed by atoms with van der Waals surface area (Å²) in [6, 6.07) is 10.5.